The molecule has 2 aromatic carbocycles. The van der Waals surface area contributed by atoms with Gasteiger partial charge in [0.1, 0.15) is 11.4 Å². The van der Waals surface area contributed by atoms with E-state index in [4.69, 9.17) is 0 Å². The highest BCUT2D eigenvalue weighted by Crippen LogP contribution is 2.36. The van der Waals surface area contributed by atoms with E-state index in [1.165, 1.54) is 38.9 Å². The highest BCUT2D eigenvalue weighted by Gasteiger charge is 2.24. The first-order chi connectivity index (χ1) is 15.4. The highest BCUT2D eigenvalue weighted by atomic mass is 32.1. The van der Waals surface area contributed by atoms with E-state index in [2.05, 4.69) is 43.1 Å². The van der Waals surface area contributed by atoms with Crippen LogP contribution in [-0.4, -0.2) is 22.0 Å². The molecule has 3 heterocycles. The Labute approximate surface area is 191 Å². The van der Waals surface area contributed by atoms with E-state index in [1.807, 2.05) is 25.1 Å². The normalized spacial score (nSPS) is 13.4. The molecule has 0 fully saturated rings. The summed E-state index contributed by atoms with van der Waals surface area (Å²) in [5.41, 5.74) is 6.32. The van der Waals surface area contributed by atoms with Gasteiger partial charge in [-0.25, -0.2) is 4.98 Å². The molecule has 32 heavy (non-hydrogen) atoms. The largest absolute Gasteiger partial charge is 0.311 e. The first-order valence-electron chi connectivity index (χ1n) is 10.9. The number of benzene rings is 2. The van der Waals surface area contributed by atoms with Crippen LogP contribution < -0.4 is 10.5 Å². The van der Waals surface area contributed by atoms with Crippen molar-refractivity contribution in [3.05, 3.63) is 80.7 Å². The van der Waals surface area contributed by atoms with Crippen LogP contribution in [0.2, 0.25) is 0 Å². The molecule has 162 valence electrons. The van der Waals surface area contributed by atoms with Crippen molar-refractivity contribution in [3.8, 4) is 11.1 Å². The number of aryl methyl sites for hydroxylation is 4. The molecule has 0 saturated carbocycles. The standard InChI is InChI=1S/C26H25N3O2S/c1-16-10-11-20(13-17(16)2)23-18(3)32-25-24(23)26(31)28(15-27-25)14-22(30)29-12-6-8-19-7-4-5-9-21(19)29/h4-5,7,9-11,13,15H,6,8,12,14H2,1-3H3. The first-order valence-corrected chi connectivity index (χ1v) is 11.7. The van der Waals surface area contributed by atoms with Crippen LogP contribution in [0.3, 0.4) is 0 Å². The minimum absolute atomic E-state index is 0.0165. The van der Waals surface area contributed by atoms with E-state index in [0.29, 0.717) is 16.8 Å². The summed E-state index contributed by atoms with van der Waals surface area (Å²) in [7, 11) is 0. The van der Waals surface area contributed by atoms with Gasteiger partial charge in [-0.15, -0.1) is 11.3 Å². The van der Waals surface area contributed by atoms with Crippen molar-refractivity contribution in [2.24, 2.45) is 0 Å². The van der Waals surface area contributed by atoms with Crippen LogP contribution in [0.25, 0.3) is 21.3 Å². The van der Waals surface area contributed by atoms with Gasteiger partial charge in [0.15, 0.2) is 0 Å². The number of carbonyl (C=O) groups excluding carboxylic acids is 1. The summed E-state index contributed by atoms with van der Waals surface area (Å²) in [5.74, 6) is -0.0833. The molecule has 0 bridgehead atoms. The molecule has 0 atom stereocenters. The Balaban J connectivity index is 1.55. The summed E-state index contributed by atoms with van der Waals surface area (Å²) < 4.78 is 1.46. The molecule has 4 aromatic rings. The van der Waals surface area contributed by atoms with Crippen LogP contribution in [0.1, 0.15) is 28.0 Å². The fourth-order valence-electron chi connectivity index (χ4n) is 4.52. The maximum atomic E-state index is 13.5. The lowest BCUT2D eigenvalue weighted by Gasteiger charge is -2.29. The lowest BCUT2D eigenvalue weighted by molar-refractivity contribution is -0.119. The molecule has 0 N–H and O–H groups in total. The van der Waals surface area contributed by atoms with E-state index >= 15 is 0 Å². The summed E-state index contributed by atoms with van der Waals surface area (Å²) in [5, 5.41) is 0.602. The zero-order valence-corrected chi connectivity index (χ0v) is 19.3. The Bertz CT molecular complexity index is 1420. The maximum Gasteiger partial charge on any atom is 0.263 e. The van der Waals surface area contributed by atoms with Crippen LogP contribution in [0.15, 0.2) is 53.6 Å². The van der Waals surface area contributed by atoms with Gasteiger partial charge in [-0.3, -0.25) is 14.2 Å². The van der Waals surface area contributed by atoms with Gasteiger partial charge in [0.2, 0.25) is 5.91 Å². The summed E-state index contributed by atoms with van der Waals surface area (Å²) in [6, 6.07) is 14.3. The number of amides is 1. The van der Waals surface area contributed by atoms with Gasteiger partial charge in [0.05, 0.1) is 11.7 Å². The number of para-hydroxylation sites is 1. The molecule has 5 rings (SSSR count). The van der Waals surface area contributed by atoms with Gasteiger partial charge in [-0.1, -0.05) is 36.4 Å². The second-order valence-electron chi connectivity index (χ2n) is 8.47. The maximum absolute atomic E-state index is 13.5. The highest BCUT2D eigenvalue weighted by molar-refractivity contribution is 7.19. The van der Waals surface area contributed by atoms with Crippen molar-refractivity contribution >= 4 is 33.1 Å². The third kappa shape index (κ3) is 3.45. The topological polar surface area (TPSA) is 55.2 Å². The second-order valence-corrected chi connectivity index (χ2v) is 9.67. The first kappa shape index (κ1) is 20.6. The van der Waals surface area contributed by atoms with E-state index in [9.17, 15) is 9.59 Å². The lowest BCUT2D eigenvalue weighted by Crippen LogP contribution is -2.39. The van der Waals surface area contributed by atoms with E-state index in [1.54, 1.807) is 4.90 Å². The van der Waals surface area contributed by atoms with Gasteiger partial charge >= 0.3 is 0 Å². The Hall–Kier alpha value is -3.25. The molecule has 0 saturated heterocycles. The van der Waals surface area contributed by atoms with Crippen LogP contribution in [0.5, 0.6) is 0 Å². The monoisotopic (exact) mass is 443 g/mol. The molecule has 0 spiro atoms. The summed E-state index contributed by atoms with van der Waals surface area (Å²) >= 11 is 1.52. The van der Waals surface area contributed by atoms with E-state index in [-0.39, 0.29) is 18.0 Å². The van der Waals surface area contributed by atoms with E-state index in [0.717, 1.165) is 34.5 Å². The number of aromatic nitrogens is 2. The number of fused-ring (bicyclic) bond motifs is 2. The van der Waals surface area contributed by atoms with Gasteiger partial charge in [0.25, 0.3) is 5.56 Å². The molecule has 2 aromatic heterocycles. The van der Waals surface area contributed by atoms with E-state index < -0.39 is 0 Å². The number of hydrogen-bond donors (Lipinski definition) is 0. The summed E-state index contributed by atoms with van der Waals surface area (Å²) in [6.07, 6.45) is 3.41. The average Bonchev–Trinajstić information content (AvgIpc) is 3.13. The summed E-state index contributed by atoms with van der Waals surface area (Å²) in [6.45, 7) is 6.84. The zero-order chi connectivity index (χ0) is 22.4. The minimum Gasteiger partial charge on any atom is -0.311 e. The minimum atomic E-state index is -0.161. The van der Waals surface area contributed by atoms with Crippen molar-refractivity contribution in [1.29, 1.82) is 0 Å². The molecule has 1 aliphatic rings. The third-order valence-corrected chi connectivity index (χ3v) is 7.38. The molecule has 0 radical (unpaired) electrons. The molecular formula is C26H25N3O2S. The fourth-order valence-corrected chi connectivity index (χ4v) is 5.52. The Kier molecular flexibility index (Phi) is 5.18. The lowest BCUT2D eigenvalue weighted by atomic mass is 9.99. The van der Waals surface area contributed by atoms with Crippen molar-refractivity contribution in [2.75, 3.05) is 11.4 Å². The smallest absolute Gasteiger partial charge is 0.263 e. The number of anilines is 1. The predicted octanol–water partition coefficient (Wildman–Crippen LogP) is 5.03. The van der Waals surface area contributed by atoms with Crippen molar-refractivity contribution in [1.82, 2.24) is 9.55 Å². The molecule has 0 aliphatic carbocycles. The SMILES string of the molecule is Cc1ccc(-c2c(C)sc3ncn(CC(=O)N4CCCc5ccccc54)c(=O)c23)cc1C. The van der Waals surface area contributed by atoms with Gasteiger partial charge in [-0.05, 0) is 61.9 Å². The fraction of sp³-hybridized carbons (Fsp3) is 0.269. The van der Waals surface area contributed by atoms with Gasteiger partial charge in [-0.2, -0.15) is 0 Å². The Morgan fingerprint density at radius 2 is 1.91 bits per heavy atom. The quantitative estimate of drug-likeness (QED) is 0.446. The number of rotatable bonds is 3. The average molecular weight is 444 g/mol. The zero-order valence-electron chi connectivity index (χ0n) is 18.5. The van der Waals surface area contributed by atoms with Crippen molar-refractivity contribution in [2.45, 2.75) is 40.2 Å². The van der Waals surface area contributed by atoms with Crippen molar-refractivity contribution in [3.63, 3.8) is 0 Å². The summed E-state index contributed by atoms with van der Waals surface area (Å²) in [4.78, 5) is 34.8. The number of hydrogen-bond acceptors (Lipinski definition) is 4. The van der Waals surface area contributed by atoms with Crippen molar-refractivity contribution < 1.29 is 4.79 Å². The van der Waals surface area contributed by atoms with Crippen LogP contribution >= 0.6 is 11.3 Å². The van der Waals surface area contributed by atoms with Gasteiger partial charge in [0, 0.05) is 22.7 Å². The molecule has 1 amide bonds. The molecule has 5 nitrogen and oxygen atoms in total. The Morgan fingerprint density at radius 3 is 2.72 bits per heavy atom. The molecule has 0 unspecified atom stereocenters. The number of carbonyl (C=O) groups is 1. The third-order valence-electron chi connectivity index (χ3n) is 6.37. The van der Waals surface area contributed by atoms with Crippen LogP contribution in [0, 0.1) is 20.8 Å². The molecule has 1 aliphatic heterocycles. The number of nitrogens with zero attached hydrogens (tertiary/aromatic N) is 3. The number of thiophene rings is 1. The second kappa shape index (κ2) is 8.02. The molecular weight excluding hydrogens is 418 g/mol. The predicted molar refractivity (Wildman–Crippen MR) is 131 cm³/mol. The van der Waals surface area contributed by atoms with Gasteiger partial charge < -0.3 is 4.90 Å². The Morgan fingerprint density at radius 1 is 1.09 bits per heavy atom. The van der Waals surface area contributed by atoms with Crippen LogP contribution in [-0.2, 0) is 17.8 Å². The molecule has 6 heteroatoms. The van der Waals surface area contributed by atoms with Crippen LogP contribution in [0.4, 0.5) is 5.69 Å².